The van der Waals surface area contributed by atoms with Crippen LogP contribution < -0.4 is 0 Å². The zero-order valence-corrected chi connectivity index (χ0v) is 49.0. The molecule has 6 aliphatic heterocycles. The van der Waals surface area contributed by atoms with Crippen LogP contribution in [-0.2, 0) is 61.6 Å². The van der Waals surface area contributed by atoms with E-state index < -0.39 is 258 Å². The average molecular weight is 1310 g/mol. The minimum atomic E-state index is -2.17. The summed E-state index contributed by atoms with van der Waals surface area (Å²) in [6.07, 6.45) is -51.7. The fourth-order valence-corrected chi connectivity index (χ4v) is 16.4. The highest BCUT2D eigenvalue weighted by molar-refractivity contribution is 5.77. The Morgan fingerprint density at radius 2 is 0.778 bits per heavy atom. The number of esters is 1. The van der Waals surface area contributed by atoms with Gasteiger partial charge in [0.2, 0.25) is 6.29 Å². The molecule has 20 N–H and O–H groups in total. The van der Waals surface area contributed by atoms with Gasteiger partial charge >= 0.3 is 5.97 Å². The maximum absolute atomic E-state index is 15.3. The van der Waals surface area contributed by atoms with Crippen molar-refractivity contribution in [3.05, 3.63) is 12.2 Å². The van der Waals surface area contributed by atoms with Gasteiger partial charge in [0.1, 0.15) is 140 Å². The molecule has 2 bridgehead atoms. The fourth-order valence-electron chi connectivity index (χ4n) is 16.4. The Bertz CT molecular complexity index is 2400. The second-order valence-electron chi connectivity index (χ2n) is 26.4. The summed E-state index contributed by atoms with van der Waals surface area (Å²) in [6, 6.07) is 0. The predicted molar refractivity (Wildman–Crippen MR) is 291 cm³/mol. The lowest BCUT2D eigenvalue weighted by molar-refractivity contribution is -0.405. The highest BCUT2D eigenvalue weighted by atomic mass is 16.8. The Labute approximate surface area is 517 Å². The maximum atomic E-state index is 15.3. The van der Waals surface area contributed by atoms with Crippen molar-refractivity contribution in [2.75, 3.05) is 39.6 Å². The number of carbonyl (C=O) groups is 1. The third kappa shape index (κ3) is 12.6. The molecule has 0 amide bonds. The quantitative estimate of drug-likeness (QED) is 0.0344. The summed E-state index contributed by atoms with van der Waals surface area (Å²) in [5.41, 5.74) is -2.85. The Morgan fingerprint density at radius 1 is 0.433 bits per heavy atom. The molecule has 1 spiro atoms. The smallest absolute Gasteiger partial charge is 0.314 e. The minimum Gasteiger partial charge on any atom is -0.432 e. The molecule has 32 unspecified atom stereocenters. The van der Waals surface area contributed by atoms with Gasteiger partial charge in [0.05, 0.1) is 50.7 Å². The lowest BCUT2D eigenvalue weighted by atomic mass is 9.41. The van der Waals surface area contributed by atoms with Crippen molar-refractivity contribution in [3.63, 3.8) is 0 Å². The van der Waals surface area contributed by atoms with E-state index in [0.717, 1.165) is 0 Å². The number of carbonyl (C=O) groups excluding carboxylic acids is 1. The Balaban J connectivity index is 0.00000960. The lowest BCUT2D eigenvalue weighted by Gasteiger charge is -2.64. The first-order valence-electron chi connectivity index (χ1n) is 30.4. The van der Waals surface area contributed by atoms with Crippen molar-refractivity contribution >= 4 is 5.97 Å². The summed E-state index contributed by atoms with van der Waals surface area (Å²) in [5, 5.41) is 215. The number of hydrogen-bond acceptors (Lipinski definition) is 33. The van der Waals surface area contributed by atoms with Crippen LogP contribution in [0.4, 0.5) is 0 Å². The van der Waals surface area contributed by atoms with Gasteiger partial charge in [0.15, 0.2) is 37.6 Å². The van der Waals surface area contributed by atoms with Gasteiger partial charge in [-0.05, 0) is 86.5 Å². The molecule has 10 fully saturated rings. The number of aliphatic hydroxyl groups excluding tert-OH is 20. The first kappa shape index (κ1) is 72.2. The third-order valence-electron chi connectivity index (χ3n) is 21.3. The lowest BCUT2D eigenvalue weighted by Crippen LogP contribution is -2.68. The zero-order valence-electron chi connectivity index (χ0n) is 49.0. The molecule has 6 saturated heterocycles. The summed E-state index contributed by atoms with van der Waals surface area (Å²) < 4.78 is 71.9. The van der Waals surface area contributed by atoms with E-state index in [9.17, 15) is 102 Å². The maximum Gasteiger partial charge on any atom is 0.314 e. The largest absolute Gasteiger partial charge is 0.432 e. The number of ether oxygens (including phenoxy) is 12. The van der Waals surface area contributed by atoms with Gasteiger partial charge in [-0.15, -0.1) is 0 Å². The number of fused-ring (bicyclic) bond motifs is 3. The van der Waals surface area contributed by atoms with Gasteiger partial charge in [0, 0.05) is 0 Å². The van der Waals surface area contributed by atoms with Gasteiger partial charge in [-0.3, -0.25) is 4.79 Å². The normalized spacial score (nSPS) is 53.9. The van der Waals surface area contributed by atoms with E-state index in [1.165, 1.54) is 0 Å². The van der Waals surface area contributed by atoms with Crippen molar-refractivity contribution < 1.29 is 164 Å². The molecule has 520 valence electrons. The van der Waals surface area contributed by atoms with Crippen molar-refractivity contribution in [3.8, 4) is 0 Å². The molecule has 33 nitrogen and oxygen atoms in total. The molecule has 6 heterocycles. The zero-order chi connectivity index (χ0) is 64.7. The summed E-state index contributed by atoms with van der Waals surface area (Å²) in [6.45, 7) is 3.04. The van der Waals surface area contributed by atoms with Crippen molar-refractivity contribution in [1.29, 1.82) is 0 Å². The number of rotatable bonds is 18. The summed E-state index contributed by atoms with van der Waals surface area (Å²) in [7, 11) is 0. The average Bonchev–Trinajstić information content (AvgIpc) is 1.28. The molecular weight excluding hydrogens is 1210 g/mol. The molecule has 0 aromatic carbocycles. The van der Waals surface area contributed by atoms with E-state index in [0.29, 0.717) is 63.4 Å². The summed E-state index contributed by atoms with van der Waals surface area (Å²) in [4.78, 5) is 15.3. The topological polar surface area (TPSA) is 532 Å². The van der Waals surface area contributed by atoms with Crippen LogP contribution in [-0.4, -0.2) is 338 Å². The first-order chi connectivity index (χ1) is 42.1. The Morgan fingerprint density at radius 3 is 1.20 bits per heavy atom. The second-order valence-corrected chi connectivity index (χ2v) is 26.4. The monoisotopic (exact) mass is 1310 g/mol. The Hall–Kier alpha value is -2.03. The van der Waals surface area contributed by atoms with Gasteiger partial charge in [0.25, 0.3) is 0 Å². The molecule has 0 aromatic heterocycles. The number of hydrogen-bond donors (Lipinski definition) is 20. The summed E-state index contributed by atoms with van der Waals surface area (Å²) >= 11 is 0. The molecule has 10 rings (SSSR count). The van der Waals surface area contributed by atoms with Crippen LogP contribution in [0.25, 0.3) is 0 Å². The molecule has 10 aliphatic rings. The van der Waals surface area contributed by atoms with Crippen LogP contribution in [0.1, 0.15) is 79.1 Å². The van der Waals surface area contributed by atoms with Gasteiger partial charge in [-0.2, -0.15) is 0 Å². The SMILES string of the molecule is C.C=C1C[C@@]23CCC4[C@](C)(C(=O)OC5OC(CO)C(O)C(O)C5OC5OC(CO)C(O)C(O)C5OC5OC(CO)C(O)C(O)C5OC5OC(CO)C(O)C(O)C5O)CCC[C@@]4(C)[C@@H]2CCC1(OC1OC(CO)C(O)C(O)C1OC1OC(CO)C(O)C(O)C1O)C3. The van der Waals surface area contributed by atoms with Crippen LogP contribution in [0, 0.1) is 28.1 Å². The van der Waals surface area contributed by atoms with Crippen LogP contribution in [0.2, 0.25) is 0 Å². The molecule has 4 aliphatic carbocycles. The van der Waals surface area contributed by atoms with E-state index in [4.69, 9.17) is 56.8 Å². The molecule has 36 atom stereocenters. The molecule has 0 radical (unpaired) electrons. The standard InChI is InChI=1S/C56H90O33.CH4/c1-19-11-55-9-5-26-53(2,27(55)6-10-56(19,18-55)89-51-45(39(74)33(68)25(17-62)83-51)85-47-41(76)35(70)29(64)21(13-58)79-47)7-4-8-54(26,3)52(77)88-50-44(38(73)32(67)24(16-61)82-50)87-49-43(37(72)31(66)23(15-60)81-49)86-48-42(36(71)30(65)22(14-59)80-48)84-46-40(75)34(69)28(63)20(12-57)78-46;/h20-51,57-76H,1,4-18H2,2-3H3;1H4/t20?,21?,22?,23?,24?,25?,26?,27-,28?,29?,30?,31?,32?,33?,34?,35?,36?,37?,38?,39?,40?,41?,42?,43?,44?,45?,46?,47?,48?,49?,50?,51?,53+,54+,55+,56?;/m0./s1. The molecule has 33 heteroatoms. The second kappa shape index (κ2) is 28.2. The summed E-state index contributed by atoms with van der Waals surface area (Å²) in [5.74, 6) is -1.32. The van der Waals surface area contributed by atoms with Gasteiger partial charge < -0.3 is 159 Å². The van der Waals surface area contributed by atoms with Crippen molar-refractivity contribution in [2.24, 2.45) is 28.1 Å². The van der Waals surface area contributed by atoms with E-state index in [1.54, 1.807) is 6.92 Å². The highest BCUT2D eigenvalue weighted by Crippen LogP contribution is 2.74. The van der Waals surface area contributed by atoms with E-state index in [1.807, 2.05) is 0 Å². The van der Waals surface area contributed by atoms with Gasteiger partial charge in [-0.25, -0.2) is 0 Å². The first-order valence-corrected chi connectivity index (χ1v) is 30.4. The van der Waals surface area contributed by atoms with E-state index >= 15 is 4.79 Å². The minimum absolute atomic E-state index is 0. The van der Waals surface area contributed by atoms with Crippen molar-refractivity contribution in [2.45, 2.75) is 269 Å². The molecule has 0 aromatic rings. The Kier molecular flexibility index (Phi) is 22.6. The van der Waals surface area contributed by atoms with Crippen LogP contribution in [0.5, 0.6) is 0 Å². The molecule has 90 heavy (non-hydrogen) atoms. The van der Waals surface area contributed by atoms with E-state index in [-0.39, 0.29) is 13.3 Å². The third-order valence-corrected chi connectivity index (χ3v) is 21.3. The van der Waals surface area contributed by atoms with E-state index in [2.05, 4.69) is 13.5 Å². The molecular formula is C57H94O33. The van der Waals surface area contributed by atoms with Crippen LogP contribution in [0.15, 0.2) is 12.2 Å². The van der Waals surface area contributed by atoms with Crippen molar-refractivity contribution in [1.82, 2.24) is 0 Å². The van der Waals surface area contributed by atoms with Crippen LogP contribution in [0.3, 0.4) is 0 Å². The van der Waals surface area contributed by atoms with Crippen LogP contribution >= 0.6 is 0 Å². The number of aliphatic hydroxyl groups is 20. The predicted octanol–water partition coefficient (Wildman–Crippen LogP) is -8.83. The highest BCUT2D eigenvalue weighted by Gasteiger charge is 2.70. The molecule has 4 saturated carbocycles. The van der Waals surface area contributed by atoms with Gasteiger partial charge in [-0.1, -0.05) is 27.4 Å². The fraction of sp³-hybridized carbons (Fsp3) is 0.947.